The highest BCUT2D eigenvalue weighted by Crippen LogP contribution is 2.54. The van der Waals surface area contributed by atoms with Gasteiger partial charge in [0, 0.05) is 23.9 Å². The molecule has 0 saturated heterocycles. The fourth-order valence-electron chi connectivity index (χ4n) is 3.45. The maximum Gasteiger partial charge on any atom is 0.169 e. The molecule has 0 bridgehead atoms. The molecule has 5 heteroatoms. The fraction of sp³-hybridized carbons (Fsp3) is 0.571. The summed E-state index contributed by atoms with van der Waals surface area (Å²) in [5.41, 5.74) is 6.12. The third-order valence-electron chi connectivity index (χ3n) is 4.61. The van der Waals surface area contributed by atoms with E-state index in [9.17, 15) is 8.78 Å². The van der Waals surface area contributed by atoms with Crippen molar-refractivity contribution in [3.8, 4) is 5.75 Å². The smallest absolute Gasteiger partial charge is 0.169 e. The second-order valence-corrected chi connectivity index (χ2v) is 6.44. The highest BCUT2D eigenvalue weighted by atomic mass is 79.9. The number of rotatable bonds is 2. The summed E-state index contributed by atoms with van der Waals surface area (Å²) in [4.78, 5) is 0. The molecule has 1 aromatic carbocycles. The van der Waals surface area contributed by atoms with Crippen LogP contribution in [0.25, 0.3) is 0 Å². The van der Waals surface area contributed by atoms with Crippen molar-refractivity contribution < 1.29 is 13.5 Å². The van der Waals surface area contributed by atoms with Gasteiger partial charge in [-0.05, 0) is 34.8 Å². The van der Waals surface area contributed by atoms with E-state index in [4.69, 9.17) is 10.5 Å². The molecule has 19 heavy (non-hydrogen) atoms. The zero-order valence-electron chi connectivity index (χ0n) is 10.5. The minimum Gasteiger partial charge on any atom is -0.485 e. The highest BCUT2D eigenvalue weighted by molar-refractivity contribution is 9.10. The molecule has 2 unspecified atom stereocenters. The zero-order valence-corrected chi connectivity index (χ0v) is 12.1. The number of ether oxygens (including phenoxy) is 1. The van der Waals surface area contributed by atoms with Gasteiger partial charge in [-0.3, -0.25) is 0 Å². The lowest BCUT2D eigenvalue weighted by atomic mass is 9.61. The average molecular weight is 332 g/mol. The number of halogens is 3. The topological polar surface area (TPSA) is 35.2 Å². The Balaban J connectivity index is 1.83. The second-order valence-electron chi connectivity index (χ2n) is 5.59. The van der Waals surface area contributed by atoms with Gasteiger partial charge in [-0.15, -0.1) is 0 Å². The predicted molar refractivity (Wildman–Crippen MR) is 72.0 cm³/mol. The van der Waals surface area contributed by atoms with Crippen LogP contribution in [0.1, 0.15) is 32.1 Å². The molecule has 2 fully saturated rings. The van der Waals surface area contributed by atoms with Gasteiger partial charge in [0.05, 0.1) is 4.47 Å². The van der Waals surface area contributed by atoms with Gasteiger partial charge in [-0.1, -0.05) is 12.8 Å². The summed E-state index contributed by atoms with van der Waals surface area (Å²) in [5.74, 6) is -1.18. The van der Waals surface area contributed by atoms with Crippen LogP contribution in [-0.4, -0.2) is 12.1 Å². The third-order valence-corrected chi connectivity index (χ3v) is 5.19. The van der Waals surface area contributed by atoms with Crippen LogP contribution in [-0.2, 0) is 0 Å². The Morgan fingerprint density at radius 1 is 1.26 bits per heavy atom. The highest BCUT2D eigenvalue weighted by Gasteiger charge is 2.56. The van der Waals surface area contributed by atoms with Gasteiger partial charge < -0.3 is 10.5 Å². The van der Waals surface area contributed by atoms with Crippen molar-refractivity contribution in [1.82, 2.24) is 0 Å². The van der Waals surface area contributed by atoms with E-state index in [2.05, 4.69) is 15.9 Å². The van der Waals surface area contributed by atoms with E-state index in [0.29, 0.717) is 4.47 Å². The minimum absolute atomic E-state index is 0.000264. The molecular formula is C14H16BrF2NO. The quantitative estimate of drug-likeness (QED) is 0.895. The Morgan fingerprint density at radius 3 is 2.53 bits per heavy atom. The van der Waals surface area contributed by atoms with E-state index in [0.717, 1.165) is 38.2 Å². The monoisotopic (exact) mass is 331 g/mol. The molecule has 0 heterocycles. The van der Waals surface area contributed by atoms with E-state index in [1.807, 2.05) is 0 Å². The van der Waals surface area contributed by atoms with Crippen LogP contribution in [0.4, 0.5) is 8.78 Å². The summed E-state index contributed by atoms with van der Waals surface area (Å²) in [6, 6.07) is 2.21. The minimum atomic E-state index is -0.666. The number of benzene rings is 1. The SMILES string of the molecule is NC1CC(Oc2c(F)cc(F)cc2Br)C12CCCC2. The van der Waals surface area contributed by atoms with Crippen LogP contribution in [0.15, 0.2) is 16.6 Å². The van der Waals surface area contributed by atoms with Crippen molar-refractivity contribution in [1.29, 1.82) is 0 Å². The third kappa shape index (κ3) is 2.07. The Hall–Kier alpha value is -0.680. The lowest BCUT2D eigenvalue weighted by Gasteiger charge is -2.52. The standard InChI is InChI=1S/C14H16BrF2NO/c15-9-5-8(16)6-10(17)13(9)19-12-7-11(18)14(12)3-1-2-4-14/h5-6,11-12H,1-4,7,18H2. The summed E-state index contributed by atoms with van der Waals surface area (Å²) in [5, 5.41) is 0. The van der Waals surface area contributed by atoms with Crippen molar-refractivity contribution >= 4 is 15.9 Å². The van der Waals surface area contributed by atoms with Crippen LogP contribution < -0.4 is 10.5 Å². The lowest BCUT2D eigenvalue weighted by Crippen LogP contribution is -2.62. The van der Waals surface area contributed by atoms with Crippen molar-refractivity contribution in [3.63, 3.8) is 0 Å². The summed E-state index contributed by atoms with van der Waals surface area (Å²) >= 11 is 3.16. The Morgan fingerprint density at radius 2 is 1.95 bits per heavy atom. The maximum absolute atomic E-state index is 13.8. The molecule has 3 rings (SSSR count). The maximum atomic E-state index is 13.8. The molecular weight excluding hydrogens is 316 g/mol. The molecule has 0 amide bonds. The molecule has 2 aliphatic carbocycles. The fourth-order valence-corrected chi connectivity index (χ4v) is 3.96. The molecule has 1 spiro atoms. The van der Waals surface area contributed by atoms with Gasteiger partial charge in [0.15, 0.2) is 11.6 Å². The van der Waals surface area contributed by atoms with Gasteiger partial charge in [-0.2, -0.15) is 0 Å². The van der Waals surface area contributed by atoms with E-state index in [-0.39, 0.29) is 23.3 Å². The molecule has 2 aliphatic rings. The molecule has 0 aromatic heterocycles. The first kappa shape index (κ1) is 13.3. The van der Waals surface area contributed by atoms with Gasteiger partial charge in [0.25, 0.3) is 0 Å². The van der Waals surface area contributed by atoms with Crippen molar-refractivity contribution in [2.24, 2.45) is 11.1 Å². The average Bonchev–Trinajstić information content (AvgIpc) is 2.84. The van der Waals surface area contributed by atoms with Crippen LogP contribution >= 0.6 is 15.9 Å². The molecule has 1 aromatic rings. The van der Waals surface area contributed by atoms with Gasteiger partial charge in [0.1, 0.15) is 11.9 Å². The molecule has 0 radical (unpaired) electrons. The largest absolute Gasteiger partial charge is 0.485 e. The van der Waals surface area contributed by atoms with Crippen molar-refractivity contribution in [2.75, 3.05) is 0 Å². The summed E-state index contributed by atoms with van der Waals surface area (Å²) in [7, 11) is 0. The molecule has 0 aliphatic heterocycles. The Bertz CT molecular complexity index is 479. The van der Waals surface area contributed by atoms with Crippen LogP contribution in [0, 0.1) is 17.0 Å². The summed E-state index contributed by atoms with van der Waals surface area (Å²) in [6.45, 7) is 0. The molecule has 2 nitrogen and oxygen atoms in total. The summed E-state index contributed by atoms with van der Waals surface area (Å²) in [6.07, 6.45) is 5.07. The predicted octanol–water partition coefficient (Wildman–Crippen LogP) is 3.77. The first-order valence-corrected chi connectivity index (χ1v) is 7.39. The van der Waals surface area contributed by atoms with Crippen molar-refractivity contribution in [3.05, 3.63) is 28.2 Å². The van der Waals surface area contributed by atoms with Gasteiger partial charge in [-0.25, -0.2) is 8.78 Å². The first-order chi connectivity index (χ1) is 9.03. The van der Waals surface area contributed by atoms with Crippen LogP contribution in [0.2, 0.25) is 0 Å². The van der Waals surface area contributed by atoms with E-state index in [1.165, 1.54) is 6.07 Å². The van der Waals surface area contributed by atoms with E-state index < -0.39 is 11.6 Å². The molecule has 2 atom stereocenters. The Kier molecular flexibility index (Phi) is 3.29. The normalized spacial score (nSPS) is 28.4. The molecule has 2 N–H and O–H groups in total. The molecule has 104 valence electrons. The van der Waals surface area contributed by atoms with Crippen molar-refractivity contribution in [2.45, 2.75) is 44.2 Å². The van der Waals surface area contributed by atoms with E-state index >= 15 is 0 Å². The lowest BCUT2D eigenvalue weighted by molar-refractivity contribution is -0.0640. The van der Waals surface area contributed by atoms with Gasteiger partial charge in [0.2, 0.25) is 0 Å². The van der Waals surface area contributed by atoms with Crippen LogP contribution in [0.5, 0.6) is 5.75 Å². The Labute approximate surface area is 119 Å². The van der Waals surface area contributed by atoms with E-state index in [1.54, 1.807) is 0 Å². The summed E-state index contributed by atoms with van der Waals surface area (Å²) < 4.78 is 33.0. The number of nitrogens with two attached hydrogens (primary N) is 1. The number of hydrogen-bond donors (Lipinski definition) is 1. The zero-order chi connectivity index (χ0) is 13.6. The number of hydrogen-bond acceptors (Lipinski definition) is 2. The molecule has 2 saturated carbocycles. The van der Waals surface area contributed by atoms with Crippen LogP contribution in [0.3, 0.4) is 0 Å². The first-order valence-electron chi connectivity index (χ1n) is 6.60. The van der Waals surface area contributed by atoms with Gasteiger partial charge >= 0.3 is 0 Å². The second kappa shape index (κ2) is 4.70.